The molecule has 10 heterocycles. The molecule has 10 aromatic rings. The van der Waals surface area contributed by atoms with E-state index >= 15 is 43.2 Å². The van der Waals surface area contributed by atoms with Gasteiger partial charge in [-0.15, -0.1) is 0 Å². The van der Waals surface area contributed by atoms with Crippen molar-refractivity contribution in [1.29, 1.82) is 0 Å². The van der Waals surface area contributed by atoms with Crippen LogP contribution in [0.15, 0.2) is 30.3 Å². The van der Waals surface area contributed by atoms with Crippen LogP contribution in [0.3, 0.4) is 0 Å². The molecule has 10 atom stereocenters. The minimum Gasteiger partial charge on any atom is -0.504 e. The SMILES string of the molecule is O=C1OC[C@]2(O)OC(=O)c3cc(O)c(O)c(O)c3-c3c(O)c(O)c(O)c4c3C(=O)O[C@H]([C@H]3OC(=O)c5c-4c(O)c(O)c(O)c5[C@@H]3c3c(O)c(O)c(O)c4c3C(=O)OC[C@@H]3OC(=O)c5cc(O)c(O)c(O)c5-c5c(O)c(O)c(O)c6c5C(=O)O[C@H]([C@H]5OC(=O)c7c-6c(O)c(O)c(O)c7[C@@H]5O)[C@@H]3OC(=O)c3cc(O)c(O)c(O)c3-4)[C@@H]2OC(=O)c2cc(O)c(O)c(O)c2-c2c1cc(O)c(O)c2O. The highest BCUT2D eigenvalue weighted by Gasteiger charge is 2.64. The first kappa shape index (κ1) is 85.6. The fourth-order valence-corrected chi connectivity index (χ4v) is 17.6. The van der Waals surface area contributed by atoms with E-state index in [1.807, 2.05) is 0 Å². The Kier molecular flexibility index (Phi) is 18.1. The van der Waals surface area contributed by atoms with Gasteiger partial charge in [0, 0.05) is 83.5 Å². The van der Waals surface area contributed by atoms with E-state index in [2.05, 4.69) is 0 Å². The average Bonchev–Trinajstić information content (AvgIpc) is 1.02. The number of benzene rings is 10. The number of aromatic hydroxyl groups is 30. The molecule has 0 radical (unpaired) electrons. The van der Waals surface area contributed by atoms with Crippen molar-refractivity contribution in [3.63, 3.8) is 0 Å². The van der Waals surface area contributed by atoms with Crippen LogP contribution in [0.4, 0.5) is 0 Å². The van der Waals surface area contributed by atoms with Crippen molar-refractivity contribution in [1.82, 2.24) is 0 Å². The van der Waals surface area contributed by atoms with Crippen LogP contribution in [0.2, 0.25) is 0 Å². The standard InChI is InChI=1S/C82H50O52/c83-13-1-8-19(45(93)40(13)88)20-9(2-14(84)41(89)46(20)94)75(117)133-71-70-67-33(32-37(78(120)129-67)28(54(102)64(112)58(32)106)27-36(80(122)132-70)26(52(100)62(110)53(27)101)23-12(5-17(87)44(92)49(23)97)76(118)134-82(71,124)7-126-72(8)114)31-34-24(50(98)63(111)57(31)105)22-11(4-16(86)43(91)48(22)96)74(116)128-66-18(6-125-77(34)119)127-73(115)10-3-15(85)42(90)47(95)21(10)25-35-29(55(103)61(109)51(25)99)30-38-39(59(107)65(113)56(30)104)60(108)68(130-81(38)123)69(66)131-79(35)121/h1-5,18,33,60,66-71,83-113,124H,6-7H2/t18-,33-,60-,66+,67-,68-,69-,70+,71-,82-/m0/s1. The molecule has 134 heavy (non-hydrogen) atoms. The molecular formula is C82H50O52. The highest BCUT2D eigenvalue weighted by atomic mass is 16.7. The molecule has 0 aromatic heterocycles. The van der Waals surface area contributed by atoms with E-state index in [0.717, 1.165) is 0 Å². The van der Waals surface area contributed by atoms with Gasteiger partial charge in [0.1, 0.15) is 12.7 Å². The molecule has 10 aliphatic heterocycles. The molecule has 0 unspecified atom stereocenters. The molecule has 10 aliphatic rings. The number of aliphatic hydroxyl groups excluding tert-OH is 1. The van der Waals surface area contributed by atoms with Crippen LogP contribution in [-0.4, -0.2) is 285 Å². The van der Waals surface area contributed by atoms with Gasteiger partial charge in [0.05, 0.1) is 61.6 Å². The van der Waals surface area contributed by atoms with E-state index in [1.54, 1.807) is 0 Å². The van der Waals surface area contributed by atoms with Gasteiger partial charge in [-0.3, -0.25) is 0 Å². The number of aliphatic hydroxyl groups is 2. The Hall–Kier alpha value is -19.2. The van der Waals surface area contributed by atoms with Gasteiger partial charge in [-0.1, -0.05) is 0 Å². The normalized spacial score (nSPS) is 21.3. The van der Waals surface area contributed by atoms with E-state index < -0.39 is 445 Å². The monoisotopic (exact) mass is 1870 g/mol. The summed E-state index contributed by atoms with van der Waals surface area (Å²) in [5, 5.41) is 383. The summed E-state index contributed by atoms with van der Waals surface area (Å²) in [6.45, 7) is -4.74. The summed E-state index contributed by atoms with van der Waals surface area (Å²) in [7, 11) is 0. The lowest BCUT2D eigenvalue weighted by molar-refractivity contribution is -0.268. The fraction of sp³-hybridized carbons (Fsp3) is 0.146. The van der Waals surface area contributed by atoms with Gasteiger partial charge < -0.3 is 211 Å². The summed E-state index contributed by atoms with van der Waals surface area (Å²) in [5.74, 6) is -91.4. The van der Waals surface area contributed by atoms with Gasteiger partial charge in [-0.05, 0) is 30.3 Å². The zero-order valence-corrected chi connectivity index (χ0v) is 65.0. The Morgan fingerprint density at radius 2 is 0.493 bits per heavy atom. The highest BCUT2D eigenvalue weighted by Crippen LogP contribution is 2.68. The number of hydrogen-bond donors (Lipinski definition) is 32. The lowest BCUT2D eigenvalue weighted by Crippen LogP contribution is -2.62. The van der Waals surface area contributed by atoms with Crippen molar-refractivity contribution in [3.05, 3.63) is 103 Å². The lowest BCUT2D eigenvalue weighted by atomic mass is 9.72. The van der Waals surface area contributed by atoms with Crippen molar-refractivity contribution >= 4 is 59.7 Å². The van der Waals surface area contributed by atoms with Crippen molar-refractivity contribution in [3.8, 4) is 239 Å². The third kappa shape index (κ3) is 11.2. The van der Waals surface area contributed by atoms with Gasteiger partial charge in [-0.25, -0.2) is 47.9 Å². The predicted octanol–water partition coefficient (Wildman–Crippen LogP) is 2.37. The van der Waals surface area contributed by atoms with Crippen LogP contribution in [0.1, 0.15) is 132 Å². The molecule has 690 valence electrons. The molecule has 32 N–H and O–H groups in total. The van der Waals surface area contributed by atoms with E-state index in [-0.39, 0.29) is 30.3 Å². The number of phenols is 30. The number of phenolic OH excluding ortho intramolecular Hbond substituents is 30. The number of hydrogen-bond acceptors (Lipinski definition) is 52. The quantitative estimate of drug-likeness (QED) is 0.0637. The number of esters is 10. The average molecular weight is 1870 g/mol. The lowest BCUT2D eigenvalue weighted by Gasteiger charge is -2.44. The van der Waals surface area contributed by atoms with Crippen LogP contribution in [-0.2, 0) is 47.4 Å². The van der Waals surface area contributed by atoms with Crippen LogP contribution in [0.5, 0.6) is 172 Å². The second kappa shape index (κ2) is 28.4. The van der Waals surface area contributed by atoms with Crippen molar-refractivity contribution in [2.45, 2.75) is 60.5 Å². The number of cyclic esters (lactones) is 2. The maximum atomic E-state index is 16.8. The number of fused-ring (bicyclic) bond motifs is 14. The molecule has 0 spiro atoms. The van der Waals surface area contributed by atoms with Gasteiger partial charge in [0.25, 0.3) is 5.79 Å². The van der Waals surface area contributed by atoms with Gasteiger partial charge >= 0.3 is 59.7 Å². The van der Waals surface area contributed by atoms with Gasteiger partial charge in [0.2, 0.25) is 63.6 Å². The van der Waals surface area contributed by atoms with Crippen LogP contribution < -0.4 is 0 Å². The predicted molar refractivity (Wildman–Crippen MR) is 410 cm³/mol. The third-order valence-corrected chi connectivity index (χ3v) is 23.5. The molecule has 0 fully saturated rings. The van der Waals surface area contributed by atoms with Gasteiger partial charge in [-0.2, -0.15) is 0 Å². The number of carbonyl (C=O) groups excluding carboxylic acids is 10. The minimum absolute atomic E-state index is 0.00608. The van der Waals surface area contributed by atoms with Crippen molar-refractivity contribution < 1.29 is 259 Å². The zero-order valence-electron chi connectivity index (χ0n) is 65.0. The Labute approximate surface area is 731 Å². The summed E-state index contributed by atoms with van der Waals surface area (Å²) in [6, 6.07) is 0.145. The van der Waals surface area contributed by atoms with E-state index in [4.69, 9.17) is 47.4 Å². The van der Waals surface area contributed by atoms with E-state index in [0.29, 0.717) is 0 Å². The maximum Gasteiger partial charge on any atom is 0.341 e. The maximum absolute atomic E-state index is 16.8. The number of carbonyl (C=O) groups is 10. The first-order valence-electron chi connectivity index (χ1n) is 37.3. The molecule has 0 saturated heterocycles. The molecule has 52 nitrogen and oxygen atoms in total. The summed E-state index contributed by atoms with van der Waals surface area (Å²) in [4.78, 5) is 159. The summed E-state index contributed by atoms with van der Waals surface area (Å²) in [5.41, 5.74) is -44.1. The molecular weight excluding hydrogens is 1820 g/mol. The fourth-order valence-electron chi connectivity index (χ4n) is 17.6. The molecule has 10 aromatic carbocycles. The number of ether oxygens (including phenoxy) is 10. The molecule has 52 heteroatoms. The van der Waals surface area contributed by atoms with E-state index in [1.165, 1.54) is 0 Å². The first-order chi connectivity index (χ1) is 62.9. The van der Waals surface area contributed by atoms with Gasteiger partial charge in [0.15, 0.2) is 158 Å². The molecule has 0 amide bonds. The largest absolute Gasteiger partial charge is 0.504 e. The topological polar surface area (TPSA) is 910 Å². The van der Waals surface area contributed by atoms with Crippen LogP contribution in [0, 0.1) is 0 Å². The molecule has 0 aliphatic carbocycles. The van der Waals surface area contributed by atoms with Crippen LogP contribution in [0.25, 0.3) is 66.8 Å². The first-order valence-corrected chi connectivity index (χ1v) is 37.3. The second-order valence-corrected chi connectivity index (χ2v) is 30.5. The second-order valence-electron chi connectivity index (χ2n) is 30.5. The Morgan fingerprint density at radius 1 is 0.224 bits per heavy atom. The summed E-state index contributed by atoms with van der Waals surface area (Å²) in [6.07, 6.45) is -27.9. The third-order valence-electron chi connectivity index (χ3n) is 23.5. The Morgan fingerprint density at radius 3 is 0.896 bits per heavy atom. The van der Waals surface area contributed by atoms with Crippen molar-refractivity contribution in [2.24, 2.45) is 0 Å². The minimum atomic E-state index is -4.77. The summed E-state index contributed by atoms with van der Waals surface area (Å²) >= 11 is 0. The summed E-state index contributed by atoms with van der Waals surface area (Å²) < 4.78 is 57.8. The molecule has 20 rings (SSSR count). The smallest absolute Gasteiger partial charge is 0.341 e. The Balaban J connectivity index is 0.962. The molecule has 0 saturated carbocycles. The Bertz CT molecular complexity index is 7340. The zero-order chi connectivity index (χ0) is 97.2. The van der Waals surface area contributed by atoms with Crippen molar-refractivity contribution in [2.75, 3.05) is 13.2 Å². The van der Waals surface area contributed by atoms with Crippen LogP contribution >= 0.6 is 0 Å². The molecule has 12 bridgehead atoms. The van der Waals surface area contributed by atoms with E-state index in [9.17, 15) is 168 Å². The number of rotatable bonds is 1. The highest BCUT2D eigenvalue weighted by molar-refractivity contribution is 6.20.